The lowest BCUT2D eigenvalue weighted by Crippen LogP contribution is -1.98. The third-order valence-corrected chi connectivity index (χ3v) is 3.36. The van der Waals surface area contributed by atoms with Gasteiger partial charge in [-0.05, 0) is 48.0 Å². The molecule has 0 atom stereocenters. The minimum atomic E-state index is -1.28. The summed E-state index contributed by atoms with van der Waals surface area (Å²) in [7, 11) is 0. The number of aliphatic carboxylic acids is 1. The van der Waals surface area contributed by atoms with E-state index >= 15 is 0 Å². The molecule has 3 aromatic rings. The maximum atomic E-state index is 11.1. The standard InChI is InChI=1S/C19H12N4O2/c20-12-14(19(24)25)9-13-10-17(15-5-1-3-7-21-15)23-18(11-13)16-6-2-4-8-22-16/h1-11H,(H,24,25)/b14-9+. The highest BCUT2D eigenvalue weighted by Crippen LogP contribution is 2.23. The van der Waals surface area contributed by atoms with Crippen LogP contribution in [0.4, 0.5) is 0 Å². The summed E-state index contributed by atoms with van der Waals surface area (Å²) in [5, 5.41) is 18.1. The third-order valence-electron chi connectivity index (χ3n) is 3.36. The van der Waals surface area contributed by atoms with Crippen LogP contribution in [0.25, 0.3) is 28.9 Å². The smallest absolute Gasteiger partial charge is 0.346 e. The van der Waals surface area contributed by atoms with E-state index in [0.29, 0.717) is 28.3 Å². The Morgan fingerprint density at radius 3 is 1.92 bits per heavy atom. The number of hydrogen-bond acceptors (Lipinski definition) is 5. The van der Waals surface area contributed by atoms with Crippen LogP contribution in [0.1, 0.15) is 5.56 Å². The Balaban J connectivity index is 2.19. The second kappa shape index (κ2) is 7.15. The molecule has 1 N–H and O–H groups in total. The van der Waals surface area contributed by atoms with Crippen LogP contribution in [0.15, 0.2) is 66.5 Å². The van der Waals surface area contributed by atoms with Crippen molar-refractivity contribution in [1.29, 1.82) is 5.26 Å². The number of rotatable bonds is 4. The fraction of sp³-hybridized carbons (Fsp3) is 0. The molecule has 25 heavy (non-hydrogen) atoms. The van der Waals surface area contributed by atoms with Crippen molar-refractivity contribution in [2.24, 2.45) is 0 Å². The molecule has 0 aliphatic heterocycles. The fourth-order valence-electron chi connectivity index (χ4n) is 2.23. The van der Waals surface area contributed by atoms with E-state index < -0.39 is 5.97 Å². The number of carbonyl (C=O) groups is 1. The zero-order chi connectivity index (χ0) is 17.6. The molecule has 0 saturated heterocycles. The molecule has 0 aromatic carbocycles. The number of nitriles is 1. The Hall–Kier alpha value is -3.85. The Morgan fingerprint density at radius 2 is 1.52 bits per heavy atom. The number of aromatic nitrogens is 3. The second-order valence-corrected chi connectivity index (χ2v) is 5.08. The van der Waals surface area contributed by atoms with Gasteiger partial charge in [-0.2, -0.15) is 5.26 Å². The first-order chi connectivity index (χ1) is 12.2. The van der Waals surface area contributed by atoms with E-state index in [9.17, 15) is 4.79 Å². The first-order valence-corrected chi connectivity index (χ1v) is 7.37. The summed E-state index contributed by atoms with van der Waals surface area (Å²) in [5.41, 5.74) is 2.60. The van der Waals surface area contributed by atoms with Crippen molar-refractivity contribution >= 4 is 12.0 Å². The van der Waals surface area contributed by atoms with Gasteiger partial charge in [-0.15, -0.1) is 0 Å². The maximum absolute atomic E-state index is 11.1. The zero-order valence-electron chi connectivity index (χ0n) is 13.0. The van der Waals surface area contributed by atoms with Crippen molar-refractivity contribution < 1.29 is 9.90 Å². The Labute approximate surface area is 143 Å². The predicted octanol–water partition coefficient (Wildman–Crippen LogP) is 3.20. The van der Waals surface area contributed by atoms with Crippen LogP contribution in [0.3, 0.4) is 0 Å². The molecule has 0 aliphatic rings. The molecule has 0 bridgehead atoms. The molecular weight excluding hydrogens is 316 g/mol. The SMILES string of the molecule is N#C/C(=C\c1cc(-c2ccccn2)nc(-c2ccccn2)c1)C(=O)O. The zero-order valence-corrected chi connectivity index (χ0v) is 13.0. The van der Waals surface area contributed by atoms with Crippen LogP contribution in [0.2, 0.25) is 0 Å². The van der Waals surface area contributed by atoms with Crippen molar-refractivity contribution in [2.75, 3.05) is 0 Å². The van der Waals surface area contributed by atoms with Crippen LogP contribution in [0, 0.1) is 11.3 Å². The quantitative estimate of drug-likeness (QED) is 0.583. The average molecular weight is 328 g/mol. The molecule has 3 rings (SSSR count). The van der Waals surface area contributed by atoms with E-state index in [0.717, 1.165) is 0 Å². The summed E-state index contributed by atoms with van der Waals surface area (Å²) in [6, 6.07) is 15.9. The van der Waals surface area contributed by atoms with Gasteiger partial charge in [0.15, 0.2) is 0 Å². The van der Waals surface area contributed by atoms with E-state index in [1.54, 1.807) is 54.9 Å². The van der Waals surface area contributed by atoms with Crippen LogP contribution in [-0.4, -0.2) is 26.0 Å². The van der Waals surface area contributed by atoms with Gasteiger partial charge in [-0.3, -0.25) is 9.97 Å². The lowest BCUT2D eigenvalue weighted by molar-refractivity contribution is -0.132. The van der Waals surface area contributed by atoms with E-state index in [2.05, 4.69) is 15.0 Å². The first-order valence-electron chi connectivity index (χ1n) is 7.37. The first kappa shape index (κ1) is 16.0. The van der Waals surface area contributed by atoms with Gasteiger partial charge in [0.25, 0.3) is 0 Å². The molecule has 0 aliphatic carbocycles. The summed E-state index contributed by atoms with van der Waals surface area (Å²) >= 11 is 0. The molecule has 0 fully saturated rings. The summed E-state index contributed by atoms with van der Waals surface area (Å²) in [6.07, 6.45) is 4.61. The van der Waals surface area contributed by atoms with Gasteiger partial charge in [0, 0.05) is 12.4 Å². The van der Waals surface area contributed by atoms with Gasteiger partial charge >= 0.3 is 5.97 Å². The average Bonchev–Trinajstić information content (AvgIpc) is 2.67. The molecule has 6 nitrogen and oxygen atoms in total. The van der Waals surface area contributed by atoms with Gasteiger partial charge in [0.1, 0.15) is 11.6 Å². The minimum Gasteiger partial charge on any atom is -0.477 e. The summed E-state index contributed by atoms with van der Waals surface area (Å²) in [4.78, 5) is 24.2. The topological polar surface area (TPSA) is 99.8 Å². The predicted molar refractivity (Wildman–Crippen MR) is 91.9 cm³/mol. The molecule has 0 spiro atoms. The van der Waals surface area contributed by atoms with Crippen LogP contribution in [0.5, 0.6) is 0 Å². The Bertz CT molecular complexity index is 920. The van der Waals surface area contributed by atoms with Crippen molar-refractivity contribution in [3.05, 3.63) is 72.1 Å². The van der Waals surface area contributed by atoms with E-state index in [4.69, 9.17) is 10.4 Å². The van der Waals surface area contributed by atoms with Crippen LogP contribution >= 0.6 is 0 Å². The Morgan fingerprint density at radius 1 is 0.960 bits per heavy atom. The van der Waals surface area contributed by atoms with E-state index in [1.165, 1.54) is 6.08 Å². The second-order valence-electron chi connectivity index (χ2n) is 5.08. The third kappa shape index (κ3) is 3.74. The maximum Gasteiger partial charge on any atom is 0.346 e. The highest BCUT2D eigenvalue weighted by Gasteiger charge is 2.11. The number of pyridine rings is 3. The molecule has 3 heterocycles. The number of hydrogen-bond donors (Lipinski definition) is 1. The highest BCUT2D eigenvalue weighted by atomic mass is 16.4. The van der Waals surface area contributed by atoms with Crippen LogP contribution in [-0.2, 0) is 4.79 Å². The highest BCUT2D eigenvalue weighted by molar-refractivity contribution is 5.96. The normalized spacial score (nSPS) is 10.9. The molecule has 0 radical (unpaired) electrons. The van der Waals surface area contributed by atoms with Crippen molar-refractivity contribution in [3.63, 3.8) is 0 Å². The molecule has 3 aromatic heterocycles. The largest absolute Gasteiger partial charge is 0.477 e. The molecule has 6 heteroatoms. The summed E-state index contributed by atoms with van der Waals surface area (Å²) in [6.45, 7) is 0. The van der Waals surface area contributed by atoms with Crippen molar-refractivity contribution in [1.82, 2.24) is 15.0 Å². The van der Waals surface area contributed by atoms with E-state index in [-0.39, 0.29) is 5.57 Å². The van der Waals surface area contributed by atoms with Gasteiger partial charge < -0.3 is 5.11 Å². The van der Waals surface area contributed by atoms with Crippen molar-refractivity contribution in [3.8, 4) is 28.8 Å². The van der Waals surface area contributed by atoms with E-state index in [1.807, 2.05) is 12.1 Å². The number of carboxylic acids is 1. The van der Waals surface area contributed by atoms with Crippen LogP contribution < -0.4 is 0 Å². The summed E-state index contributed by atoms with van der Waals surface area (Å²) in [5.74, 6) is -1.28. The lowest BCUT2D eigenvalue weighted by atomic mass is 10.1. The lowest BCUT2D eigenvalue weighted by Gasteiger charge is -2.07. The van der Waals surface area contributed by atoms with Crippen molar-refractivity contribution in [2.45, 2.75) is 0 Å². The van der Waals surface area contributed by atoms with Gasteiger partial charge in [0.2, 0.25) is 0 Å². The Kier molecular flexibility index (Phi) is 4.58. The molecule has 120 valence electrons. The monoisotopic (exact) mass is 328 g/mol. The molecular formula is C19H12N4O2. The molecule has 0 amide bonds. The molecule has 0 saturated carbocycles. The van der Waals surface area contributed by atoms with Gasteiger partial charge in [-0.25, -0.2) is 9.78 Å². The molecule has 0 unspecified atom stereocenters. The van der Waals surface area contributed by atoms with Gasteiger partial charge in [-0.1, -0.05) is 12.1 Å². The summed E-state index contributed by atoms with van der Waals surface area (Å²) < 4.78 is 0. The number of carboxylic acid groups (broad SMARTS) is 1. The fourth-order valence-corrected chi connectivity index (χ4v) is 2.23. The minimum absolute atomic E-state index is 0.356. The van der Waals surface area contributed by atoms with Gasteiger partial charge in [0.05, 0.1) is 22.8 Å². The number of nitrogens with zero attached hydrogens (tertiary/aromatic N) is 4.